The highest BCUT2D eigenvalue weighted by Gasteiger charge is 2.26. The number of amides is 2. The molecule has 1 aliphatic rings. The first-order valence-corrected chi connectivity index (χ1v) is 7.34. The fourth-order valence-corrected chi connectivity index (χ4v) is 2.84. The van der Waals surface area contributed by atoms with Crippen molar-refractivity contribution < 1.29 is 14.7 Å². The third-order valence-electron chi connectivity index (χ3n) is 3.43. The lowest BCUT2D eigenvalue weighted by Crippen LogP contribution is -2.43. The Labute approximate surface area is 126 Å². The highest BCUT2D eigenvalue weighted by molar-refractivity contribution is 9.10. The lowest BCUT2D eigenvalue weighted by Gasteiger charge is -2.21. The Morgan fingerprint density at radius 1 is 1.40 bits per heavy atom. The summed E-state index contributed by atoms with van der Waals surface area (Å²) in [6.45, 7) is 0.967. The molecule has 2 rings (SSSR count). The number of carbonyl (C=O) groups is 2. The normalized spacial score (nSPS) is 19.0. The van der Waals surface area contributed by atoms with Gasteiger partial charge in [-0.05, 0) is 47.4 Å². The molecule has 20 heavy (non-hydrogen) atoms. The molecule has 108 valence electrons. The minimum Gasteiger partial charge on any atom is -0.395 e. The summed E-state index contributed by atoms with van der Waals surface area (Å²) in [6, 6.07) is 6.98. The maximum atomic E-state index is 12.0. The van der Waals surface area contributed by atoms with Crippen molar-refractivity contribution in [1.82, 2.24) is 10.2 Å². The Morgan fingerprint density at radius 2 is 2.15 bits per heavy atom. The number of hydrogen-bond donors (Lipinski definition) is 2. The van der Waals surface area contributed by atoms with Gasteiger partial charge in [-0.25, -0.2) is 0 Å². The first kappa shape index (κ1) is 15.2. The molecule has 2 amide bonds. The zero-order valence-corrected chi connectivity index (χ0v) is 12.6. The van der Waals surface area contributed by atoms with E-state index < -0.39 is 5.91 Å². The Balaban J connectivity index is 1.92. The van der Waals surface area contributed by atoms with E-state index in [0.29, 0.717) is 10.0 Å². The number of halogens is 1. The summed E-state index contributed by atoms with van der Waals surface area (Å²) in [6.07, 6.45) is 1.86. The van der Waals surface area contributed by atoms with Crippen molar-refractivity contribution in [2.45, 2.75) is 18.9 Å². The molecule has 1 heterocycles. The summed E-state index contributed by atoms with van der Waals surface area (Å²) in [7, 11) is 0. The van der Waals surface area contributed by atoms with Crippen LogP contribution in [0.4, 0.5) is 0 Å². The fraction of sp³-hybridized carbons (Fsp3) is 0.429. The molecule has 0 spiro atoms. The van der Waals surface area contributed by atoms with E-state index in [1.54, 1.807) is 24.3 Å². The molecule has 1 saturated heterocycles. The highest BCUT2D eigenvalue weighted by Crippen LogP contribution is 2.17. The molecule has 1 aromatic carbocycles. The molecule has 1 aliphatic heterocycles. The summed E-state index contributed by atoms with van der Waals surface area (Å²) in [5.41, 5.74) is 0.431. The molecule has 2 N–H and O–H groups in total. The summed E-state index contributed by atoms with van der Waals surface area (Å²) >= 11 is 3.28. The Morgan fingerprint density at radius 3 is 2.85 bits per heavy atom. The van der Waals surface area contributed by atoms with Crippen LogP contribution in [0.5, 0.6) is 0 Å². The van der Waals surface area contributed by atoms with E-state index in [0.717, 1.165) is 19.4 Å². The average molecular weight is 341 g/mol. The number of nitrogens with one attached hydrogen (secondary N) is 1. The smallest absolute Gasteiger partial charge is 0.259 e. The van der Waals surface area contributed by atoms with Crippen LogP contribution in [0.1, 0.15) is 23.2 Å². The molecule has 1 aromatic rings. The summed E-state index contributed by atoms with van der Waals surface area (Å²) in [5, 5.41) is 11.6. The van der Waals surface area contributed by atoms with E-state index in [1.807, 2.05) is 4.90 Å². The predicted octanol–water partition coefficient (Wildman–Crippen LogP) is 1.16. The number of rotatable bonds is 4. The van der Waals surface area contributed by atoms with E-state index >= 15 is 0 Å². The van der Waals surface area contributed by atoms with E-state index in [4.69, 9.17) is 0 Å². The van der Waals surface area contributed by atoms with Crippen molar-refractivity contribution in [2.24, 2.45) is 0 Å². The maximum absolute atomic E-state index is 12.0. The quantitative estimate of drug-likeness (QED) is 0.862. The van der Waals surface area contributed by atoms with Crippen LogP contribution in [-0.4, -0.2) is 47.6 Å². The lowest BCUT2D eigenvalue weighted by molar-refractivity contribution is -0.121. The number of carbonyl (C=O) groups excluding carboxylic acids is 2. The number of aliphatic hydroxyl groups excluding tert-OH is 1. The van der Waals surface area contributed by atoms with Gasteiger partial charge in [-0.2, -0.15) is 0 Å². The molecule has 0 aliphatic carbocycles. The van der Waals surface area contributed by atoms with Crippen LogP contribution in [0.25, 0.3) is 0 Å². The maximum Gasteiger partial charge on any atom is 0.259 e. The van der Waals surface area contributed by atoms with Gasteiger partial charge in [0.1, 0.15) is 0 Å². The first-order chi connectivity index (χ1) is 9.61. The number of aliphatic hydroxyl groups is 1. The molecule has 1 unspecified atom stereocenters. The second-order valence-electron chi connectivity index (χ2n) is 4.81. The van der Waals surface area contributed by atoms with Gasteiger partial charge in [0.2, 0.25) is 5.91 Å². The van der Waals surface area contributed by atoms with Gasteiger partial charge in [0.25, 0.3) is 5.91 Å². The monoisotopic (exact) mass is 340 g/mol. The van der Waals surface area contributed by atoms with Crippen LogP contribution in [-0.2, 0) is 4.79 Å². The van der Waals surface area contributed by atoms with Gasteiger partial charge in [0, 0.05) is 10.5 Å². The van der Waals surface area contributed by atoms with Crippen LogP contribution < -0.4 is 5.32 Å². The SMILES string of the molecule is O=C(CN1CCCC1CO)NC(=O)c1ccccc1Br. The molecule has 6 heteroatoms. The van der Waals surface area contributed by atoms with Gasteiger partial charge in [-0.15, -0.1) is 0 Å². The van der Waals surface area contributed by atoms with Gasteiger partial charge in [0.15, 0.2) is 0 Å². The molecule has 0 radical (unpaired) electrons. The Bertz CT molecular complexity index is 507. The molecule has 5 nitrogen and oxygen atoms in total. The zero-order valence-electron chi connectivity index (χ0n) is 11.0. The number of nitrogens with zero attached hydrogens (tertiary/aromatic N) is 1. The first-order valence-electron chi connectivity index (χ1n) is 6.55. The van der Waals surface area contributed by atoms with Crippen LogP contribution in [0.2, 0.25) is 0 Å². The Kier molecular flexibility index (Phi) is 5.28. The standard InChI is InChI=1S/C14H17BrN2O3/c15-12-6-2-1-5-11(12)14(20)16-13(19)8-17-7-3-4-10(17)9-18/h1-2,5-6,10,18H,3-4,7-9H2,(H,16,19,20). The van der Waals surface area contributed by atoms with Gasteiger partial charge >= 0.3 is 0 Å². The third-order valence-corrected chi connectivity index (χ3v) is 4.12. The zero-order chi connectivity index (χ0) is 14.5. The fourth-order valence-electron chi connectivity index (χ4n) is 2.37. The molecule has 1 fully saturated rings. The van der Waals surface area contributed by atoms with Crippen LogP contribution >= 0.6 is 15.9 Å². The average Bonchev–Trinajstić information content (AvgIpc) is 2.86. The van der Waals surface area contributed by atoms with Crippen molar-refractivity contribution in [1.29, 1.82) is 0 Å². The summed E-state index contributed by atoms with van der Waals surface area (Å²) in [4.78, 5) is 25.8. The van der Waals surface area contributed by atoms with Gasteiger partial charge in [-0.3, -0.25) is 19.8 Å². The number of likely N-dealkylation sites (tertiary alicyclic amines) is 1. The van der Waals surface area contributed by atoms with Crippen LogP contribution in [0, 0.1) is 0 Å². The molecular weight excluding hydrogens is 324 g/mol. The van der Waals surface area contributed by atoms with Gasteiger partial charge in [-0.1, -0.05) is 12.1 Å². The Hall–Kier alpha value is -1.24. The van der Waals surface area contributed by atoms with Crippen molar-refractivity contribution in [3.05, 3.63) is 34.3 Å². The minimum atomic E-state index is -0.415. The summed E-state index contributed by atoms with van der Waals surface area (Å²) in [5.74, 6) is -0.756. The number of benzene rings is 1. The van der Waals surface area contributed by atoms with E-state index in [9.17, 15) is 14.7 Å². The van der Waals surface area contributed by atoms with Crippen molar-refractivity contribution in [2.75, 3.05) is 19.7 Å². The highest BCUT2D eigenvalue weighted by atomic mass is 79.9. The molecule has 0 aromatic heterocycles. The van der Waals surface area contributed by atoms with Gasteiger partial charge in [0.05, 0.1) is 18.7 Å². The molecular formula is C14H17BrN2O3. The largest absolute Gasteiger partial charge is 0.395 e. The molecule has 1 atom stereocenters. The van der Waals surface area contributed by atoms with E-state index in [2.05, 4.69) is 21.2 Å². The van der Waals surface area contributed by atoms with Crippen molar-refractivity contribution in [3.8, 4) is 0 Å². The lowest BCUT2D eigenvalue weighted by atomic mass is 10.2. The van der Waals surface area contributed by atoms with E-state index in [1.165, 1.54) is 0 Å². The predicted molar refractivity (Wildman–Crippen MR) is 78.3 cm³/mol. The topological polar surface area (TPSA) is 69.6 Å². The van der Waals surface area contributed by atoms with Crippen molar-refractivity contribution >= 4 is 27.7 Å². The van der Waals surface area contributed by atoms with Crippen molar-refractivity contribution in [3.63, 3.8) is 0 Å². The number of hydrogen-bond acceptors (Lipinski definition) is 4. The third kappa shape index (κ3) is 3.65. The number of imide groups is 1. The van der Waals surface area contributed by atoms with Gasteiger partial charge < -0.3 is 5.11 Å². The summed E-state index contributed by atoms with van der Waals surface area (Å²) < 4.78 is 0.653. The molecule has 0 bridgehead atoms. The second-order valence-corrected chi connectivity index (χ2v) is 5.66. The minimum absolute atomic E-state index is 0.0271. The molecule has 0 saturated carbocycles. The van der Waals surface area contributed by atoms with Crippen LogP contribution in [0.15, 0.2) is 28.7 Å². The van der Waals surface area contributed by atoms with Crippen LogP contribution in [0.3, 0.4) is 0 Å². The van der Waals surface area contributed by atoms with E-state index in [-0.39, 0.29) is 25.1 Å². The second kappa shape index (κ2) is 6.97.